The van der Waals surface area contributed by atoms with Crippen LogP contribution in [0.4, 0.5) is 0 Å². The Labute approximate surface area is 650 Å². The number of allylic oxidation sites excluding steroid dienone is 26. The average Bonchev–Trinajstić information content (AvgIpc) is 0.933. The number of unbranched alkanes of at least 4 members (excludes halogenated alkanes) is 29. The predicted molar refractivity (Wildman–Crippen MR) is 445 cm³/mol. The van der Waals surface area contributed by atoms with Gasteiger partial charge in [0, 0.05) is 19.3 Å². The normalized spacial score (nSPS) is 14.7. The molecule has 5 unspecified atom stereocenters. The number of phosphoric ester groups is 2. The molecule has 0 aliphatic rings. The summed E-state index contributed by atoms with van der Waals surface area (Å²) in [6, 6.07) is 0. The summed E-state index contributed by atoms with van der Waals surface area (Å²) >= 11 is 0. The van der Waals surface area contributed by atoms with E-state index in [2.05, 4.69) is 167 Å². The third-order valence-corrected chi connectivity index (χ3v) is 19.1. The van der Waals surface area contributed by atoms with E-state index in [9.17, 15) is 43.5 Å². The standard InChI is InChI=1S/C89H150O16P2/c1-4-7-10-13-16-19-22-25-28-31-33-35-37-38-39-40-41-42-43-44-46-48-49-52-54-57-60-63-66-69-72-75-87(92)99-78-84(90)79-101-106(95,96)102-80-85(91)81-103-107(97,98)104-83-86(105-89(94)77-74-71-68-65-62-59-56-51-30-27-24-21-18-15-12-9-6-3)82-100-88(93)76-73-70-67-64-61-58-55-53-50-47-45-36-34-32-29-26-23-20-17-14-11-8-5-2/h9,12,16-21,25-30,33-36,38-39,47,50,56,59,65,68,84-86,90-91H,4-8,10-11,13-15,22-24,31-32,37,40-46,48-49,51-55,57-58,60-64,66-67,69-83H2,1-3H3,(H,95,96)(H,97,98)/b12-9-,19-16-,20-17-,21-18-,28-25-,29-26-,30-27-,35-33-,36-34-,39-38-,50-47-,59-56-,68-65-. The number of phosphoric acid groups is 2. The molecule has 0 saturated carbocycles. The number of rotatable bonds is 78. The van der Waals surface area contributed by atoms with Crippen molar-refractivity contribution < 1.29 is 75.8 Å². The van der Waals surface area contributed by atoms with Gasteiger partial charge in [0.1, 0.15) is 25.4 Å². The van der Waals surface area contributed by atoms with Gasteiger partial charge in [0.05, 0.1) is 26.4 Å². The number of esters is 3. The second kappa shape index (κ2) is 80.7. The van der Waals surface area contributed by atoms with Gasteiger partial charge in [-0.05, 0) is 148 Å². The number of aliphatic hydroxyl groups is 2. The monoisotopic (exact) mass is 1540 g/mol. The Hall–Kier alpha value is -4.83. The minimum Gasteiger partial charge on any atom is -0.463 e. The zero-order chi connectivity index (χ0) is 78.0. The lowest BCUT2D eigenvalue weighted by atomic mass is 10.0. The van der Waals surface area contributed by atoms with Gasteiger partial charge in [-0.1, -0.05) is 320 Å². The molecule has 4 N–H and O–H groups in total. The Morgan fingerprint density at radius 1 is 0.271 bits per heavy atom. The van der Waals surface area contributed by atoms with Gasteiger partial charge in [0.2, 0.25) is 0 Å². The first-order valence-electron chi connectivity index (χ1n) is 41.8. The molecule has 0 aliphatic heterocycles. The Bertz CT molecular complexity index is 2580. The van der Waals surface area contributed by atoms with E-state index in [0.29, 0.717) is 25.7 Å². The van der Waals surface area contributed by atoms with Gasteiger partial charge < -0.3 is 34.2 Å². The van der Waals surface area contributed by atoms with E-state index in [1.807, 2.05) is 12.2 Å². The van der Waals surface area contributed by atoms with Gasteiger partial charge in [-0.15, -0.1) is 0 Å². The Kier molecular flexibility index (Phi) is 77.0. The van der Waals surface area contributed by atoms with E-state index in [4.69, 9.17) is 32.3 Å². The molecule has 0 fully saturated rings. The van der Waals surface area contributed by atoms with Gasteiger partial charge in [0.25, 0.3) is 0 Å². The second-order valence-electron chi connectivity index (χ2n) is 27.5. The molecule has 0 aromatic rings. The summed E-state index contributed by atoms with van der Waals surface area (Å²) in [6.07, 6.45) is 102. The molecule has 612 valence electrons. The molecular formula is C89H150O16P2. The van der Waals surface area contributed by atoms with E-state index in [-0.39, 0.29) is 19.3 Å². The van der Waals surface area contributed by atoms with Gasteiger partial charge >= 0.3 is 33.6 Å². The Morgan fingerprint density at radius 2 is 0.505 bits per heavy atom. The highest BCUT2D eigenvalue weighted by atomic mass is 31.2. The Morgan fingerprint density at radius 3 is 0.813 bits per heavy atom. The van der Waals surface area contributed by atoms with Crippen molar-refractivity contribution in [2.24, 2.45) is 0 Å². The van der Waals surface area contributed by atoms with Gasteiger partial charge in [-0.2, -0.15) is 0 Å². The molecule has 0 saturated heterocycles. The van der Waals surface area contributed by atoms with Crippen molar-refractivity contribution in [3.8, 4) is 0 Å². The smallest absolute Gasteiger partial charge is 0.463 e. The maximum Gasteiger partial charge on any atom is 0.472 e. The third-order valence-electron chi connectivity index (χ3n) is 17.2. The highest BCUT2D eigenvalue weighted by molar-refractivity contribution is 7.47. The Balaban J connectivity index is 4.58. The van der Waals surface area contributed by atoms with Crippen LogP contribution in [0.5, 0.6) is 0 Å². The predicted octanol–water partition coefficient (Wildman–Crippen LogP) is 25.0. The summed E-state index contributed by atoms with van der Waals surface area (Å²) in [6.45, 7) is 2.44. The molecule has 0 aromatic carbocycles. The molecule has 0 radical (unpaired) electrons. The van der Waals surface area contributed by atoms with Crippen LogP contribution >= 0.6 is 15.6 Å². The maximum absolute atomic E-state index is 13.0. The molecule has 0 amide bonds. The molecule has 0 rings (SSSR count). The van der Waals surface area contributed by atoms with E-state index in [1.165, 1.54) is 128 Å². The summed E-state index contributed by atoms with van der Waals surface area (Å²) in [5, 5.41) is 20.7. The first-order valence-corrected chi connectivity index (χ1v) is 44.8. The maximum atomic E-state index is 13.0. The van der Waals surface area contributed by atoms with Crippen molar-refractivity contribution in [1.82, 2.24) is 0 Å². The second-order valence-corrected chi connectivity index (χ2v) is 30.4. The molecule has 0 aliphatic carbocycles. The minimum atomic E-state index is -4.96. The van der Waals surface area contributed by atoms with Crippen LogP contribution in [0.3, 0.4) is 0 Å². The SMILES string of the molecule is CC/C=C\C/C=C\C/C=C\C/C=C\C/C=C\CCCC(=O)OC(COC(=O)CCCCCCCCC/C=C\C/C=C\C/C=C\C/C=C\CCCCC)COP(=O)(O)OCC(O)COP(=O)(O)OCC(O)COC(=O)CCCCCCCCCCCCCCCCC/C=C\C/C=C\C/C=C\C/C=C\CCCCC. The highest BCUT2D eigenvalue weighted by Gasteiger charge is 2.29. The van der Waals surface area contributed by atoms with Crippen LogP contribution in [0.1, 0.15) is 329 Å². The largest absolute Gasteiger partial charge is 0.472 e. The van der Waals surface area contributed by atoms with Crippen LogP contribution < -0.4 is 0 Å². The first-order chi connectivity index (χ1) is 52.2. The fourth-order valence-electron chi connectivity index (χ4n) is 10.9. The number of aliphatic hydroxyl groups excluding tert-OH is 2. The zero-order valence-corrected chi connectivity index (χ0v) is 68.8. The molecule has 0 heterocycles. The van der Waals surface area contributed by atoms with E-state index < -0.39 is 91.5 Å². The number of carbonyl (C=O) groups is 3. The fourth-order valence-corrected chi connectivity index (χ4v) is 12.5. The lowest BCUT2D eigenvalue weighted by Crippen LogP contribution is -2.30. The van der Waals surface area contributed by atoms with Crippen LogP contribution in [0, 0.1) is 0 Å². The molecule has 5 atom stereocenters. The number of hydrogen-bond acceptors (Lipinski definition) is 14. The van der Waals surface area contributed by atoms with Crippen molar-refractivity contribution >= 4 is 33.6 Å². The lowest BCUT2D eigenvalue weighted by Gasteiger charge is -2.21. The summed E-state index contributed by atoms with van der Waals surface area (Å²) in [4.78, 5) is 58.7. The number of carbonyl (C=O) groups excluding carboxylic acids is 3. The van der Waals surface area contributed by atoms with E-state index in [0.717, 1.165) is 135 Å². The summed E-state index contributed by atoms with van der Waals surface area (Å²) < 4.78 is 61.2. The van der Waals surface area contributed by atoms with Crippen LogP contribution in [0.15, 0.2) is 158 Å². The van der Waals surface area contributed by atoms with Crippen molar-refractivity contribution in [1.29, 1.82) is 0 Å². The summed E-state index contributed by atoms with van der Waals surface area (Å²) in [7, 11) is -9.82. The topological polar surface area (TPSA) is 231 Å². The molecule has 0 aromatic heterocycles. The first kappa shape index (κ1) is 102. The highest BCUT2D eigenvalue weighted by Crippen LogP contribution is 2.45. The molecule has 0 bridgehead atoms. The van der Waals surface area contributed by atoms with Crippen LogP contribution in [0.2, 0.25) is 0 Å². The van der Waals surface area contributed by atoms with Crippen LogP contribution in [-0.2, 0) is 55.8 Å². The zero-order valence-electron chi connectivity index (χ0n) is 67.0. The molecule has 18 heteroatoms. The average molecular weight is 1540 g/mol. The van der Waals surface area contributed by atoms with Gasteiger partial charge in [-0.25, -0.2) is 9.13 Å². The molecular weight excluding hydrogens is 1390 g/mol. The van der Waals surface area contributed by atoms with Crippen molar-refractivity contribution in [3.63, 3.8) is 0 Å². The van der Waals surface area contributed by atoms with Crippen molar-refractivity contribution in [2.75, 3.05) is 39.6 Å². The summed E-state index contributed by atoms with van der Waals surface area (Å²) in [5.74, 6) is -1.66. The van der Waals surface area contributed by atoms with Crippen molar-refractivity contribution in [2.45, 2.75) is 347 Å². The molecule has 16 nitrogen and oxygen atoms in total. The number of hydrogen-bond donors (Lipinski definition) is 4. The van der Waals surface area contributed by atoms with Crippen molar-refractivity contribution in [3.05, 3.63) is 158 Å². The van der Waals surface area contributed by atoms with E-state index in [1.54, 1.807) is 0 Å². The third kappa shape index (κ3) is 82.0. The van der Waals surface area contributed by atoms with Gasteiger partial charge in [0.15, 0.2) is 6.10 Å². The number of ether oxygens (including phenoxy) is 3. The fraction of sp³-hybridized carbons (Fsp3) is 0.674. The van der Waals surface area contributed by atoms with Gasteiger partial charge in [-0.3, -0.25) is 32.5 Å². The van der Waals surface area contributed by atoms with E-state index >= 15 is 0 Å². The van der Waals surface area contributed by atoms with Crippen LogP contribution in [0.25, 0.3) is 0 Å². The molecule has 107 heavy (non-hydrogen) atoms. The molecule has 0 spiro atoms. The van der Waals surface area contributed by atoms with Crippen LogP contribution in [-0.4, -0.2) is 95.9 Å². The quantitative estimate of drug-likeness (QED) is 0.0146. The lowest BCUT2D eigenvalue weighted by molar-refractivity contribution is -0.161. The summed E-state index contributed by atoms with van der Waals surface area (Å²) in [5.41, 5.74) is 0. The minimum absolute atomic E-state index is 0.0189.